The van der Waals surface area contributed by atoms with Crippen LogP contribution in [0.2, 0.25) is 5.02 Å². The molecule has 1 unspecified atom stereocenters. The van der Waals surface area contributed by atoms with Crippen LogP contribution in [0.5, 0.6) is 5.75 Å². The molecular weight excluding hydrogens is 308 g/mol. The summed E-state index contributed by atoms with van der Waals surface area (Å²) >= 11 is 6.45. The second-order valence-corrected chi connectivity index (χ2v) is 6.64. The van der Waals surface area contributed by atoms with E-state index in [-0.39, 0.29) is 0 Å². The summed E-state index contributed by atoms with van der Waals surface area (Å²) in [4.78, 5) is 2.11. The van der Waals surface area contributed by atoms with Crippen LogP contribution in [0.15, 0.2) is 36.4 Å². The summed E-state index contributed by atoms with van der Waals surface area (Å²) in [6, 6.07) is 12.4. The lowest BCUT2D eigenvalue weighted by atomic mass is 9.93. The van der Waals surface area contributed by atoms with E-state index in [0.717, 1.165) is 29.3 Å². The van der Waals surface area contributed by atoms with Crippen LogP contribution in [-0.2, 0) is 0 Å². The fraction of sp³-hybridized carbons (Fsp3) is 0.368. The van der Waals surface area contributed by atoms with Crippen molar-refractivity contribution in [1.82, 2.24) is 4.90 Å². The lowest BCUT2D eigenvalue weighted by Crippen LogP contribution is -2.19. The Labute approximate surface area is 143 Å². The van der Waals surface area contributed by atoms with E-state index in [1.807, 2.05) is 32.3 Å². The molecule has 2 aromatic carbocycles. The molecule has 0 saturated carbocycles. The number of ether oxygens (including phenoxy) is 1. The van der Waals surface area contributed by atoms with E-state index in [9.17, 15) is 0 Å². The smallest absolute Gasteiger partial charge is 0.119 e. The van der Waals surface area contributed by atoms with Gasteiger partial charge >= 0.3 is 0 Å². The van der Waals surface area contributed by atoms with E-state index in [0.29, 0.717) is 19.1 Å². The second-order valence-electron chi connectivity index (χ2n) is 6.23. The number of benzene rings is 2. The average Bonchev–Trinajstić information content (AvgIpc) is 2.83. The van der Waals surface area contributed by atoms with Crippen molar-refractivity contribution in [1.29, 1.82) is 0 Å². The van der Waals surface area contributed by atoms with Crippen molar-refractivity contribution in [2.75, 3.05) is 33.8 Å². The third-order valence-electron chi connectivity index (χ3n) is 4.35. The molecule has 0 saturated heterocycles. The zero-order valence-corrected chi connectivity index (χ0v) is 14.4. The summed E-state index contributed by atoms with van der Waals surface area (Å²) in [5.41, 5.74) is 10.8. The lowest BCUT2D eigenvalue weighted by Gasteiger charge is -2.15. The molecule has 23 heavy (non-hydrogen) atoms. The fourth-order valence-electron chi connectivity index (χ4n) is 3.25. The van der Waals surface area contributed by atoms with Crippen LogP contribution in [0.3, 0.4) is 0 Å². The van der Waals surface area contributed by atoms with Gasteiger partial charge in [-0.1, -0.05) is 29.8 Å². The highest BCUT2D eigenvalue weighted by atomic mass is 35.5. The van der Waals surface area contributed by atoms with Crippen LogP contribution in [0.25, 0.3) is 11.1 Å². The number of rotatable bonds is 6. The van der Waals surface area contributed by atoms with Gasteiger partial charge in [0.25, 0.3) is 0 Å². The van der Waals surface area contributed by atoms with Crippen molar-refractivity contribution in [3.63, 3.8) is 0 Å². The molecule has 0 aliphatic heterocycles. The van der Waals surface area contributed by atoms with Gasteiger partial charge in [-0.15, -0.1) is 0 Å². The maximum absolute atomic E-state index is 6.45. The van der Waals surface area contributed by atoms with Gasteiger partial charge in [-0.3, -0.25) is 0 Å². The molecule has 0 aromatic heterocycles. The Bertz CT molecular complexity index is 700. The molecule has 3 nitrogen and oxygen atoms in total. The van der Waals surface area contributed by atoms with E-state index < -0.39 is 0 Å². The van der Waals surface area contributed by atoms with Gasteiger partial charge in [-0.25, -0.2) is 0 Å². The van der Waals surface area contributed by atoms with Crippen LogP contribution in [0, 0.1) is 0 Å². The van der Waals surface area contributed by atoms with E-state index in [1.165, 1.54) is 16.7 Å². The summed E-state index contributed by atoms with van der Waals surface area (Å²) in [6.07, 6.45) is 0.918. The second kappa shape index (κ2) is 6.91. The quantitative estimate of drug-likeness (QED) is 0.876. The molecule has 3 rings (SSSR count). The number of hydrogen-bond donors (Lipinski definition) is 1. The van der Waals surface area contributed by atoms with E-state index >= 15 is 0 Å². The third kappa shape index (κ3) is 3.23. The Morgan fingerprint density at radius 3 is 2.74 bits per heavy atom. The number of fused-ring (bicyclic) bond motifs is 3. The largest absolute Gasteiger partial charge is 0.492 e. The molecule has 0 radical (unpaired) electrons. The Hall–Kier alpha value is -1.55. The molecule has 2 N–H and O–H groups in total. The molecule has 1 aliphatic carbocycles. The van der Waals surface area contributed by atoms with Gasteiger partial charge in [-0.05, 0) is 62.0 Å². The van der Waals surface area contributed by atoms with Gasteiger partial charge in [0.05, 0.1) is 0 Å². The van der Waals surface area contributed by atoms with Gasteiger partial charge in [-0.2, -0.15) is 0 Å². The monoisotopic (exact) mass is 330 g/mol. The zero-order chi connectivity index (χ0) is 16.4. The number of nitrogens with two attached hydrogens (primary N) is 1. The SMILES string of the molecule is CN(C)CCOc1ccc2c(c1)C(CCN)c1cccc(Cl)c1-2. The minimum absolute atomic E-state index is 0.307. The summed E-state index contributed by atoms with van der Waals surface area (Å²) in [6.45, 7) is 2.23. The summed E-state index contributed by atoms with van der Waals surface area (Å²) in [7, 11) is 4.09. The van der Waals surface area contributed by atoms with Crippen molar-refractivity contribution in [2.24, 2.45) is 5.73 Å². The van der Waals surface area contributed by atoms with Gasteiger partial charge in [0, 0.05) is 23.0 Å². The fourth-order valence-corrected chi connectivity index (χ4v) is 3.54. The number of nitrogens with zero attached hydrogens (tertiary/aromatic N) is 1. The lowest BCUT2D eigenvalue weighted by molar-refractivity contribution is 0.261. The average molecular weight is 331 g/mol. The first-order valence-corrected chi connectivity index (χ1v) is 8.40. The van der Waals surface area contributed by atoms with Crippen LogP contribution in [0.4, 0.5) is 0 Å². The highest BCUT2D eigenvalue weighted by Crippen LogP contribution is 2.49. The first-order valence-electron chi connectivity index (χ1n) is 8.02. The normalized spacial score (nSPS) is 15.6. The standard InChI is InChI=1S/C19H23ClN2O/c1-22(2)10-11-23-13-6-7-16-17(12-13)14(8-9-21)15-4-3-5-18(20)19(15)16/h3-7,12,14H,8-11,21H2,1-2H3. The van der Waals surface area contributed by atoms with Gasteiger partial charge in [0.2, 0.25) is 0 Å². The molecule has 0 fully saturated rings. The molecule has 4 heteroatoms. The van der Waals surface area contributed by atoms with E-state index in [4.69, 9.17) is 22.1 Å². The van der Waals surface area contributed by atoms with E-state index in [1.54, 1.807) is 0 Å². The van der Waals surface area contributed by atoms with Crippen molar-refractivity contribution in [3.05, 3.63) is 52.5 Å². The van der Waals surface area contributed by atoms with Crippen LogP contribution in [0.1, 0.15) is 23.5 Å². The molecule has 1 aliphatic rings. The van der Waals surface area contributed by atoms with Crippen molar-refractivity contribution >= 4 is 11.6 Å². The van der Waals surface area contributed by atoms with Crippen molar-refractivity contribution in [3.8, 4) is 16.9 Å². The minimum Gasteiger partial charge on any atom is -0.492 e. The Morgan fingerprint density at radius 2 is 2.00 bits per heavy atom. The van der Waals surface area contributed by atoms with Gasteiger partial charge in [0.1, 0.15) is 12.4 Å². The van der Waals surface area contributed by atoms with Crippen molar-refractivity contribution in [2.45, 2.75) is 12.3 Å². The molecular formula is C19H23ClN2O. The number of likely N-dealkylation sites (N-methyl/N-ethyl adjacent to an activating group) is 1. The van der Waals surface area contributed by atoms with Gasteiger partial charge in [0.15, 0.2) is 0 Å². The Morgan fingerprint density at radius 1 is 1.17 bits per heavy atom. The molecule has 0 bridgehead atoms. The summed E-state index contributed by atoms with van der Waals surface area (Å²) < 4.78 is 5.89. The molecule has 1 atom stereocenters. The minimum atomic E-state index is 0.307. The Balaban J connectivity index is 1.94. The molecule has 122 valence electrons. The summed E-state index contributed by atoms with van der Waals surface area (Å²) in [5.74, 6) is 1.22. The highest BCUT2D eigenvalue weighted by Gasteiger charge is 2.30. The highest BCUT2D eigenvalue weighted by molar-refractivity contribution is 6.33. The molecule has 0 heterocycles. The molecule has 0 amide bonds. The summed E-state index contributed by atoms with van der Waals surface area (Å²) in [5, 5.41) is 0.810. The van der Waals surface area contributed by atoms with Crippen LogP contribution in [-0.4, -0.2) is 38.7 Å². The number of hydrogen-bond acceptors (Lipinski definition) is 3. The number of halogens is 1. The third-order valence-corrected chi connectivity index (χ3v) is 4.67. The first-order chi connectivity index (χ1) is 11.1. The maximum Gasteiger partial charge on any atom is 0.119 e. The molecule has 2 aromatic rings. The van der Waals surface area contributed by atoms with E-state index in [2.05, 4.69) is 23.1 Å². The van der Waals surface area contributed by atoms with Crippen LogP contribution >= 0.6 is 11.6 Å². The topological polar surface area (TPSA) is 38.5 Å². The zero-order valence-electron chi connectivity index (χ0n) is 13.7. The van der Waals surface area contributed by atoms with Crippen molar-refractivity contribution < 1.29 is 4.74 Å². The first kappa shape index (κ1) is 16.3. The van der Waals surface area contributed by atoms with Gasteiger partial charge < -0.3 is 15.4 Å². The Kier molecular flexibility index (Phi) is 4.90. The van der Waals surface area contributed by atoms with Crippen LogP contribution < -0.4 is 10.5 Å². The maximum atomic E-state index is 6.45. The predicted molar refractivity (Wildman–Crippen MR) is 96.5 cm³/mol. The molecule has 0 spiro atoms. The predicted octanol–water partition coefficient (Wildman–Crippen LogP) is 3.74.